The molecule has 0 fully saturated rings. The Morgan fingerprint density at radius 3 is 2.39 bits per heavy atom. The predicted octanol–water partition coefficient (Wildman–Crippen LogP) is 5.62. The average molecular weight is 570 g/mol. The first kappa shape index (κ1) is 28.5. The van der Waals surface area contributed by atoms with E-state index in [0.29, 0.717) is 32.5 Å². The van der Waals surface area contributed by atoms with Crippen molar-refractivity contribution in [1.82, 2.24) is 14.2 Å². The van der Waals surface area contributed by atoms with Crippen LogP contribution in [0.4, 0.5) is 0 Å². The highest BCUT2D eigenvalue weighted by atomic mass is 32.2. The number of para-hydroxylation sites is 1. The van der Waals surface area contributed by atoms with Crippen LogP contribution < -0.4 is 0 Å². The summed E-state index contributed by atoms with van der Waals surface area (Å²) in [7, 11) is -2.35. The maximum Gasteiger partial charge on any atom is 0.243 e. The van der Waals surface area contributed by atoms with E-state index in [9.17, 15) is 13.2 Å². The number of nitrogens with one attached hydrogen (secondary N) is 1. The Bertz CT molecular complexity index is 1720. The van der Waals surface area contributed by atoms with E-state index in [1.807, 2.05) is 79.0 Å². The van der Waals surface area contributed by atoms with Gasteiger partial charge in [-0.1, -0.05) is 78.9 Å². The highest BCUT2D eigenvalue weighted by Gasteiger charge is 2.28. The lowest BCUT2D eigenvalue weighted by Gasteiger charge is -2.27. The van der Waals surface area contributed by atoms with E-state index < -0.39 is 10.0 Å². The topological polar surface area (TPSA) is 82.7 Å². The van der Waals surface area contributed by atoms with Gasteiger partial charge in [0, 0.05) is 50.5 Å². The summed E-state index contributed by atoms with van der Waals surface area (Å²) < 4.78 is 34.3. The Morgan fingerprint density at radius 2 is 1.59 bits per heavy atom. The maximum absolute atomic E-state index is 13.9. The molecule has 0 bridgehead atoms. The smallest absolute Gasteiger partial charge is 0.243 e. The summed E-state index contributed by atoms with van der Waals surface area (Å²) in [5, 5.41) is 2.92. The number of hydrogen-bond donors (Lipinski definition) is 1. The van der Waals surface area contributed by atoms with Crippen LogP contribution in [0.5, 0.6) is 0 Å². The first-order valence-corrected chi connectivity index (χ1v) is 15.2. The molecular weight excluding hydrogens is 534 g/mol. The maximum atomic E-state index is 13.9. The van der Waals surface area contributed by atoms with E-state index >= 15 is 0 Å². The van der Waals surface area contributed by atoms with Gasteiger partial charge in [0.15, 0.2) is 0 Å². The molecular formula is C33H35N3O4S. The molecule has 7 nitrogen and oxygen atoms in total. The Labute approximate surface area is 241 Å². The van der Waals surface area contributed by atoms with Gasteiger partial charge < -0.3 is 14.6 Å². The Balaban J connectivity index is 1.40. The standard InChI is InChI=1S/C33H35N3O4S/c1-40-21-9-19-36(41(38,39)30-17-16-27-12-5-6-13-28(27)22-30)25-33(37)35(24-26-10-3-2-4-11-26)20-18-29-23-34-32-15-8-7-14-31(29)32/h2-8,10-17,22-23,34H,9,18-21,24-25H2,1H3. The molecule has 1 N–H and O–H groups in total. The summed E-state index contributed by atoms with van der Waals surface area (Å²) >= 11 is 0. The molecule has 5 aromatic rings. The van der Waals surface area contributed by atoms with Crippen LogP contribution in [-0.2, 0) is 32.5 Å². The van der Waals surface area contributed by atoms with Gasteiger partial charge in [0.25, 0.3) is 0 Å². The SMILES string of the molecule is COCCCN(CC(=O)N(CCc1c[nH]c2ccccc12)Cc1ccccc1)S(=O)(=O)c1ccc2ccccc2c1. The largest absolute Gasteiger partial charge is 0.385 e. The minimum atomic E-state index is -3.94. The summed E-state index contributed by atoms with van der Waals surface area (Å²) in [6.45, 7) is 1.17. The number of aromatic nitrogens is 1. The van der Waals surface area contributed by atoms with Crippen molar-refractivity contribution in [2.75, 3.05) is 33.4 Å². The number of nitrogens with zero attached hydrogens (tertiary/aromatic N) is 2. The molecule has 0 saturated heterocycles. The van der Waals surface area contributed by atoms with Gasteiger partial charge in [0.1, 0.15) is 0 Å². The molecule has 0 unspecified atom stereocenters. The molecule has 1 amide bonds. The van der Waals surface area contributed by atoms with Crippen LogP contribution in [0.15, 0.2) is 108 Å². The second-order valence-corrected chi connectivity index (χ2v) is 12.0. The molecule has 0 radical (unpaired) electrons. The van der Waals surface area contributed by atoms with Gasteiger partial charge in [0.05, 0.1) is 11.4 Å². The number of fused-ring (bicyclic) bond motifs is 2. The van der Waals surface area contributed by atoms with Gasteiger partial charge in [0.2, 0.25) is 15.9 Å². The first-order valence-electron chi connectivity index (χ1n) is 13.8. The highest BCUT2D eigenvalue weighted by Crippen LogP contribution is 2.23. The van der Waals surface area contributed by atoms with Crippen LogP contribution in [0.1, 0.15) is 17.5 Å². The number of rotatable bonds is 13. The molecule has 0 spiro atoms. The van der Waals surface area contributed by atoms with E-state index in [0.717, 1.165) is 32.8 Å². The normalized spacial score (nSPS) is 11.9. The highest BCUT2D eigenvalue weighted by molar-refractivity contribution is 7.89. The number of carbonyl (C=O) groups excluding carboxylic acids is 1. The van der Waals surface area contributed by atoms with Crippen LogP contribution in [0, 0.1) is 0 Å². The molecule has 212 valence electrons. The third-order valence-electron chi connectivity index (χ3n) is 7.32. The Morgan fingerprint density at radius 1 is 0.854 bits per heavy atom. The van der Waals surface area contributed by atoms with Crippen molar-refractivity contribution in [2.45, 2.75) is 24.3 Å². The number of carbonyl (C=O) groups is 1. The minimum Gasteiger partial charge on any atom is -0.385 e. The molecule has 0 aliphatic carbocycles. The number of ether oxygens (including phenoxy) is 1. The second kappa shape index (κ2) is 13.1. The van der Waals surface area contributed by atoms with Crippen molar-refractivity contribution < 1.29 is 17.9 Å². The van der Waals surface area contributed by atoms with E-state index in [1.165, 1.54) is 4.31 Å². The van der Waals surface area contributed by atoms with Crippen molar-refractivity contribution >= 4 is 37.6 Å². The first-order chi connectivity index (χ1) is 20.0. The predicted molar refractivity (Wildman–Crippen MR) is 163 cm³/mol. The molecule has 0 aliphatic heterocycles. The lowest BCUT2D eigenvalue weighted by atomic mass is 10.1. The quantitative estimate of drug-likeness (QED) is 0.187. The van der Waals surface area contributed by atoms with Gasteiger partial charge in [-0.05, 0) is 52.9 Å². The van der Waals surface area contributed by atoms with Gasteiger partial charge in [-0.3, -0.25) is 4.79 Å². The fourth-order valence-corrected chi connectivity index (χ4v) is 6.55. The fraction of sp³-hybridized carbons (Fsp3) is 0.242. The minimum absolute atomic E-state index is 0.176. The van der Waals surface area contributed by atoms with E-state index in [2.05, 4.69) is 11.1 Å². The number of H-pyrrole nitrogens is 1. The third-order valence-corrected chi connectivity index (χ3v) is 9.16. The second-order valence-electron chi connectivity index (χ2n) is 10.1. The zero-order valence-corrected chi connectivity index (χ0v) is 24.0. The molecule has 1 heterocycles. The summed E-state index contributed by atoms with van der Waals surface area (Å²) in [5.74, 6) is -0.240. The van der Waals surface area contributed by atoms with Crippen LogP contribution in [-0.4, -0.2) is 61.9 Å². The number of aromatic amines is 1. The molecule has 0 saturated carbocycles. The van der Waals surface area contributed by atoms with Gasteiger partial charge in [-0.25, -0.2) is 8.42 Å². The average Bonchev–Trinajstić information content (AvgIpc) is 3.42. The Kier molecular flexibility index (Phi) is 9.14. The third kappa shape index (κ3) is 6.85. The summed E-state index contributed by atoms with van der Waals surface area (Å²) in [5.41, 5.74) is 3.16. The van der Waals surface area contributed by atoms with Crippen LogP contribution in [0.25, 0.3) is 21.7 Å². The zero-order valence-electron chi connectivity index (χ0n) is 23.2. The number of hydrogen-bond acceptors (Lipinski definition) is 4. The zero-order chi connectivity index (χ0) is 28.7. The van der Waals surface area contributed by atoms with Crippen molar-refractivity contribution in [3.63, 3.8) is 0 Å². The van der Waals surface area contributed by atoms with Crippen molar-refractivity contribution in [2.24, 2.45) is 0 Å². The summed E-state index contributed by atoms with van der Waals surface area (Å²) in [6.07, 6.45) is 3.10. The fourth-order valence-electron chi connectivity index (χ4n) is 5.09. The molecule has 0 aliphatic rings. The Hall–Kier alpha value is -3.98. The lowest BCUT2D eigenvalue weighted by molar-refractivity contribution is -0.132. The van der Waals surface area contributed by atoms with Crippen molar-refractivity contribution in [3.8, 4) is 0 Å². The van der Waals surface area contributed by atoms with E-state index in [-0.39, 0.29) is 23.9 Å². The molecule has 0 atom stereocenters. The molecule has 41 heavy (non-hydrogen) atoms. The number of amides is 1. The van der Waals surface area contributed by atoms with Crippen molar-refractivity contribution in [3.05, 3.63) is 114 Å². The number of sulfonamides is 1. The van der Waals surface area contributed by atoms with Crippen molar-refractivity contribution in [1.29, 1.82) is 0 Å². The van der Waals surface area contributed by atoms with Crippen LogP contribution in [0.2, 0.25) is 0 Å². The molecule has 8 heteroatoms. The monoisotopic (exact) mass is 569 g/mol. The van der Waals surface area contributed by atoms with Crippen LogP contribution >= 0.6 is 0 Å². The van der Waals surface area contributed by atoms with E-state index in [1.54, 1.807) is 30.2 Å². The van der Waals surface area contributed by atoms with Gasteiger partial charge in [-0.2, -0.15) is 4.31 Å². The molecule has 4 aromatic carbocycles. The van der Waals surface area contributed by atoms with Gasteiger partial charge >= 0.3 is 0 Å². The summed E-state index contributed by atoms with van der Waals surface area (Å²) in [6, 6.07) is 30.6. The number of benzene rings is 4. The molecule has 5 rings (SSSR count). The lowest BCUT2D eigenvalue weighted by Crippen LogP contribution is -2.43. The number of methoxy groups -OCH3 is 1. The van der Waals surface area contributed by atoms with Crippen LogP contribution in [0.3, 0.4) is 0 Å². The summed E-state index contributed by atoms with van der Waals surface area (Å²) in [4.78, 5) is 19.1. The van der Waals surface area contributed by atoms with E-state index in [4.69, 9.17) is 4.74 Å². The molecule has 1 aromatic heterocycles. The van der Waals surface area contributed by atoms with Gasteiger partial charge in [-0.15, -0.1) is 0 Å².